The van der Waals surface area contributed by atoms with Gasteiger partial charge in [-0.15, -0.1) is 0 Å². The summed E-state index contributed by atoms with van der Waals surface area (Å²) >= 11 is 1.70. The van der Waals surface area contributed by atoms with Gasteiger partial charge in [0.2, 0.25) is 0 Å². The van der Waals surface area contributed by atoms with E-state index in [-0.39, 0.29) is 23.9 Å². The molecule has 2 aromatic carbocycles. The number of nitrogens with one attached hydrogen (secondary N) is 1. The molecule has 23 heavy (non-hydrogen) atoms. The van der Waals surface area contributed by atoms with Gasteiger partial charge in [-0.1, -0.05) is 12.1 Å². The van der Waals surface area contributed by atoms with Crippen molar-refractivity contribution < 1.29 is 14.8 Å². The predicted molar refractivity (Wildman–Crippen MR) is 89.6 cm³/mol. The van der Waals surface area contributed by atoms with Gasteiger partial charge in [0.1, 0.15) is 5.75 Å². The maximum absolute atomic E-state index is 12.1. The molecule has 0 atom stereocenters. The van der Waals surface area contributed by atoms with E-state index in [1.807, 2.05) is 18.4 Å². The van der Waals surface area contributed by atoms with Crippen molar-refractivity contribution in [2.24, 2.45) is 0 Å². The quantitative estimate of drug-likeness (QED) is 0.626. The van der Waals surface area contributed by atoms with E-state index in [9.17, 15) is 20.0 Å². The summed E-state index contributed by atoms with van der Waals surface area (Å²) in [6, 6.07) is 10.9. The summed E-state index contributed by atoms with van der Waals surface area (Å²) in [4.78, 5) is 22.3. The van der Waals surface area contributed by atoms with Crippen molar-refractivity contribution in [3.8, 4) is 5.75 Å². The lowest BCUT2D eigenvalue weighted by Gasteiger charge is -2.08. The Bertz CT molecular complexity index is 717. The summed E-state index contributed by atoms with van der Waals surface area (Å²) in [7, 11) is 0. The second-order valence-corrected chi connectivity index (χ2v) is 5.75. The lowest BCUT2D eigenvalue weighted by Crippen LogP contribution is -2.22. The zero-order valence-electron chi connectivity index (χ0n) is 12.5. The van der Waals surface area contributed by atoms with Gasteiger partial charge in [0.05, 0.1) is 4.92 Å². The lowest BCUT2D eigenvalue weighted by atomic mass is 10.1. The third-order valence-electron chi connectivity index (χ3n) is 3.24. The van der Waals surface area contributed by atoms with Crippen LogP contribution in [0.15, 0.2) is 42.5 Å². The first kappa shape index (κ1) is 16.8. The molecule has 0 radical (unpaired) electrons. The minimum absolute atomic E-state index is 0.0128. The zero-order chi connectivity index (χ0) is 16.8. The average molecular weight is 332 g/mol. The van der Waals surface area contributed by atoms with Gasteiger partial charge in [-0.05, 0) is 30.0 Å². The zero-order valence-corrected chi connectivity index (χ0v) is 13.3. The number of amides is 1. The van der Waals surface area contributed by atoms with E-state index in [0.717, 1.165) is 11.3 Å². The topological polar surface area (TPSA) is 92.5 Å². The molecule has 2 aromatic rings. The Morgan fingerprint density at radius 3 is 2.57 bits per heavy atom. The predicted octanol–water partition coefficient (Wildman–Crippen LogP) is 3.09. The number of phenols is 1. The minimum Gasteiger partial charge on any atom is -0.508 e. The van der Waals surface area contributed by atoms with E-state index in [0.29, 0.717) is 11.1 Å². The van der Waals surface area contributed by atoms with Gasteiger partial charge in [-0.25, -0.2) is 0 Å². The van der Waals surface area contributed by atoms with Crippen molar-refractivity contribution in [2.45, 2.75) is 12.3 Å². The number of phenolic OH excluding ortho intramolecular Hbond substituents is 1. The maximum Gasteiger partial charge on any atom is 0.270 e. The molecule has 6 nitrogen and oxygen atoms in total. The molecule has 0 bridgehead atoms. The van der Waals surface area contributed by atoms with Gasteiger partial charge in [-0.3, -0.25) is 14.9 Å². The molecule has 0 spiro atoms. The number of nitrogens with zero attached hydrogens (tertiary/aromatic N) is 1. The molecule has 2 rings (SSSR count). The monoisotopic (exact) mass is 332 g/mol. The molecule has 2 N–H and O–H groups in total. The van der Waals surface area contributed by atoms with Gasteiger partial charge in [-0.2, -0.15) is 11.8 Å². The van der Waals surface area contributed by atoms with E-state index < -0.39 is 4.92 Å². The largest absolute Gasteiger partial charge is 0.508 e. The van der Waals surface area contributed by atoms with Crippen LogP contribution in [0.25, 0.3) is 0 Å². The number of hydrogen-bond donors (Lipinski definition) is 2. The summed E-state index contributed by atoms with van der Waals surface area (Å²) < 4.78 is 0. The van der Waals surface area contributed by atoms with Crippen LogP contribution in [0.4, 0.5) is 5.69 Å². The smallest absolute Gasteiger partial charge is 0.270 e. The molecule has 0 aliphatic heterocycles. The number of carbonyl (C=O) groups excluding carboxylic acids is 1. The van der Waals surface area contributed by atoms with Crippen LogP contribution < -0.4 is 5.32 Å². The van der Waals surface area contributed by atoms with Gasteiger partial charge in [0, 0.05) is 35.6 Å². The van der Waals surface area contributed by atoms with Gasteiger partial charge in [0.15, 0.2) is 0 Å². The van der Waals surface area contributed by atoms with Crippen molar-refractivity contribution in [1.82, 2.24) is 5.32 Å². The van der Waals surface area contributed by atoms with Crippen LogP contribution in [0.2, 0.25) is 0 Å². The van der Waals surface area contributed by atoms with Crippen LogP contribution in [0.5, 0.6) is 5.75 Å². The molecule has 0 unspecified atom stereocenters. The first-order valence-corrected chi connectivity index (χ1v) is 8.23. The molecule has 7 heteroatoms. The Balaban J connectivity index is 2.04. The second kappa shape index (κ2) is 7.64. The molecular weight excluding hydrogens is 316 g/mol. The first-order chi connectivity index (χ1) is 11.0. The average Bonchev–Trinajstić information content (AvgIpc) is 2.54. The van der Waals surface area contributed by atoms with E-state index in [1.54, 1.807) is 23.9 Å². The number of rotatable bonds is 6. The summed E-state index contributed by atoms with van der Waals surface area (Å²) in [5.74, 6) is 0.488. The first-order valence-electron chi connectivity index (χ1n) is 6.83. The Hall–Kier alpha value is -2.54. The summed E-state index contributed by atoms with van der Waals surface area (Å²) in [5, 5.41) is 23.1. The third-order valence-corrected chi connectivity index (χ3v) is 3.86. The number of nitro groups is 1. The highest BCUT2D eigenvalue weighted by Crippen LogP contribution is 2.22. The molecule has 0 aliphatic carbocycles. The van der Waals surface area contributed by atoms with Gasteiger partial charge >= 0.3 is 0 Å². The van der Waals surface area contributed by atoms with E-state index in [2.05, 4.69) is 5.32 Å². The summed E-state index contributed by atoms with van der Waals surface area (Å²) in [6.07, 6.45) is 2.01. The number of benzene rings is 2. The molecule has 0 aromatic heterocycles. The molecule has 120 valence electrons. The number of hydrogen-bond acceptors (Lipinski definition) is 5. The van der Waals surface area contributed by atoms with Crippen molar-refractivity contribution in [1.29, 1.82) is 0 Å². The highest BCUT2D eigenvalue weighted by molar-refractivity contribution is 7.97. The summed E-state index contributed by atoms with van der Waals surface area (Å²) in [5.41, 5.74) is 1.80. The fourth-order valence-corrected chi connectivity index (χ4v) is 2.55. The van der Waals surface area contributed by atoms with Crippen molar-refractivity contribution in [2.75, 3.05) is 6.26 Å². The van der Waals surface area contributed by atoms with Crippen LogP contribution in [0.3, 0.4) is 0 Å². The van der Waals surface area contributed by atoms with E-state index >= 15 is 0 Å². The molecular formula is C16H16N2O4S. The highest BCUT2D eigenvalue weighted by atomic mass is 32.2. The van der Waals surface area contributed by atoms with Gasteiger partial charge < -0.3 is 10.4 Å². The number of nitro benzene ring substituents is 1. The molecule has 0 saturated carbocycles. The molecule has 1 amide bonds. The summed E-state index contributed by atoms with van der Waals surface area (Å²) in [6.45, 7) is 0.0128. The van der Waals surface area contributed by atoms with Crippen LogP contribution >= 0.6 is 11.8 Å². The fourth-order valence-electron chi connectivity index (χ4n) is 2.02. The Morgan fingerprint density at radius 1 is 1.26 bits per heavy atom. The fraction of sp³-hybridized carbons (Fsp3) is 0.188. The molecule has 0 aliphatic rings. The molecule has 0 saturated heterocycles. The van der Waals surface area contributed by atoms with E-state index in [1.165, 1.54) is 18.2 Å². The standard InChI is InChI=1S/C16H16N2O4S/c1-23-10-11-2-4-12(5-3-11)16(20)17-9-13-8-14(18(21)22)6-7-15(13)19/h2-8,19H,9-10H2,1H3,(H,17,20). The van der Waals surface area contributed by atoms with Crippen LogP contribution in [-0.4, -0.2) is 22.2 Å². The van der Waals surface area contributed by atoms with Crippen molar-refractivity contribution >= 4 is 23.4 Å². The lowest BCUT2D eigenvalue weighted by molar-refractivity contribution is -0.384. The van der Waals surface area contributed by atoms with Crippen LogP contribution in [0, 0.1) is 10.1 Å². The Kier molecular flexibility index (Phi) is 5.59. The second-order valence-electron chi connectivity index (χ2n) is 4.88. The minimum atomic E-state index is -0.546. The van der Waals surface area contributed by atoms with Gasteiger partial charge in [0.25, 0.3) is 11.6 Å². The Morgan fingerprint density at radius 2 is 1.96 bits per heavy atom. The Labute approximate surface area is 137 Å². The number of aromatic hydroxyl groups is 1. The third kappa shape index (κ3) is 4.46. The van der Waals surface area contributed by atoms with E-state index in [4.69, 9.17) is 0 Å². The van der Waals surface area contributed by atoms with Crippen molar-refractivity contribution in [3.63, 3.8) is 0 Å². The number of thioether (sulfide) groups is 1. The molecule has 0 fully saturated rings. The normalized spacial score (nSPS) is 10.3. The maximum atomic E-state index is 12.1. The number of non-ortho nitro benzene ring substituents is 1. The number of carbonyl (C=O) groups is 1. The van der Waals surface area contributed by atoms with Crippen molar-refractivity contribution in [3.05, 3.63) is 69.3 Å². The van der Waals surface area contributed by atoms with Crippen LogP contribution in [0.1, 0.15) is 21.5 Å². The van der Waals surface area contributed by atoms with Crippen LogP contribution in [-0.2, 0) is 12.3 Å². The highest BCUT2D eigenvalue weighted by Gasteiger charge is 2.12. The molecule has 0 heterocycles. The SMILES string of the molecule is CSCc1ccc(C(=O)NCc2cc([N+](=O)[O-])ccc2O)cc1.